The first-order chi connectivity index (χ1) is 7.90. The third-order valence-electron chi connectivity index (χ3n) is 2.86. The number of hydrogen-bond donors (Lipinski definition) is 1. The lowest BCUT2D eigenvalue weighted by molar-refractivity contribution is -0.141. The molecule has 17 heavy (non-hydrogen) atoms. The molecule has 0 aliphatic heterocycles. The van der Waals surface area contributed by atoms with Gasteiger partial charge in [-0.05, 0) is 25.6 Å². The molecule has 0 amide bonds. The summed E-state index contributed by atoms with van der Waals surface area (Å²) in [4.78, 5) is 0. The maximum atomic E-state index is 12.3. The van der Waals surface area contributed by atoms with E-state index in [2.05, 4.69) is 15.5 Å². The van der Waals surface area contributed by atoms with Gasteiger partial charge in [0.2, 0.25) is 0 Å². The van der Waals surface area contributed by atoms with Gasteiger partial charge in [0.1, 0.15) is 0 Å². The molecule has 0 aliphatic rings. The zero-order chi connectivity index (χ0) is 13.1. The topological polar surface area (TPSA) is 37.8 Å². The van der Waals surface area contributed by atoms with Gasteiger partial charge in [-0.25, -0.2) is 0 Å². The van der Waals surface area contributed by atoms with Crippen LogP contribution in [0.15, 0.2) is 12.1 Å². The van der Waals surface area contributed by atoms with Gasteiger partial charge in [-0.15, -0.1) is 5.10 Å². The van der Waals surface area contributed by atoms with Crippen LogP contribution in [0.4, 0.5) is 13.2 Å². The predicted octanol–water partition coefficient (Wildman–Crippen LogP) is 2.60. The van der Waals surface area contributed by atoms with Gasteiger partial charge in [0.15, 0.2) is 5.69 Å². The van der Waals surface area contributed by atoms with Crippen molar-refractivity contribution in [2.75, 3.05) is 7.05 Å². The Morgan fingerprint density at radius 2 is 1.94 bits per heavy atom. The third-order valence-corrected chi connectivity index (χ3v) is 2.86. The Morgan fingerprint density at radius 3 is 2.29 bits per heavy atom. The van der Waals surface area contributed by atoms with Crippen molar-refractivity contribution in [3.63, 3.8) is 0 Å². The summed E-state index contributed by atoms with van der Waals surface area (Å²) in [6.07, 6.45) is -3.55. The monoisotopic (exact) mass is 247 g/mol. The molecule has 0 saturated carbocycles. The Hall–Kier alpha value is -1.17. The maximum Gasteiger partial charge on any atom is 0.435 e. The Balaban J connectivity index is 2.87. The zero-order valence-electron chi connectivity index (χ0n) is 10.0. The molecule has 0 aliphatic carbocycles. The quantitative estimate of drug-likeness (QED) is 0.888. The van der Waals surface area contributed by atoms with E-state index >= 15 is 0 Å². The number of hydrogen-bond acceptors (Lipinski definition) is 3. The standard InChI is InChI=1S/C11H16F3N3/c1-4-8(15-3)7(2)9-5-6-10(17-16-9)11(12,13)14/h5-8,15H,4H2,1-3H3. The first-order valence-electron chi connectivity index (χ1n) is 5.48. The summed E-state index contributed by atoms with van der Waals surface area (Å²) in [6.45, 7) is 3.93. The van der Waals surface area contributed by atoms with Crippen LogP contribution < -0.4 is 5.32 Å². The van der Waals surface area contributed by atoms with Crippen LogP contribution in [0.5, 0.6) is 0 Å². The Kier molecular flexibility index (Phi) is 4.45. The Labute approximate surface area is 98.4 Å². The molecule has 1 aromatic heterocycles. The number of aromatic nitrogens is 2. The van der Waals surface area contributed by atoms with E-state index in [1.54, 1.807) is 0 Å². The minimum atomic E-state index is -4.43. The lowest BCUT2D eigenvalue weighted by Crippen LogP contribution is -2.30. The van der Waals surface area contributed by atoms with Gasteiger partial charge in [0, 0.05) is 12.0 Å². The van der Waals surface area contributed by atoms with Gasteiger partial charge in [-0.3, -0.25) is 0 Å². The van der Waals surface area contributed by atoms with Crippen LogP contribution in [0, 0.1) is 0 Å². The second-order valence-corrected chi connectivity index (χ2v) is 3.93. The van der Waals surface area contributed by atoms with E-state index in [0.29, 0.717) is 5.69 Å². The van der Waals surface area contributed by atoms with Crippen LogP contribution in [0.1, 0.15) is 37.6 Å². The highest BCUT2D eigenvalue weighted by atomic mass is 19.4. The smallest absolute Gasteiger partial charge is 0.316 e. The normalized spacial score (nSPS) is 15.6. The van der Waals surface area contributed by atoms with Gasteiger partial charge in [0.05, 0.1) is 5.69 Å². The SMILES string of the molecule is CCC(NC)C(C)c1ccc(C(F)(F)F)nn1. The highest BCUT2D eigenvalue weighted by molar-refractivity contribution is 5.14. The van der Waals surface area contributed by atoms with E-state index in [0.717, 1.165) is 12.5 Å². The minimum Gasteiger partial charge on any atom is -0.316 e. The van der Waals surface area contributed by atoms with Crippen molar-refractivity contribution in [1.29, 1.82) is 0 Å². The van der Waals surface area contributed by atoms with E-state index < -0.39 is 11.9 Å². The van der Waals surface area contributed by atoms with Gasteiger partial charge in [-0.2, -0.15) is 18.3 Å². The fraction of sp³-hybridized carbons (Fsp3) is 0.636. The largest absolute Gasteiger partial charge is 0.435 e. The first kappa shape index (κ1) is 13.9. The molecule has 0 saturated heterocycles. The highest BCUT2D eigenvalue weighted by Gasteiger charge is 2.33. The van der Waals surface area contributed by atoms with E-state index in [1.165, 1.54) is 6.07 Å². The number of nitrogens with one attached hydrogen (secondary N) is 1. The number of alkyl halides is 3. The molecule has 6 heteroatoms. The second kappa shape index (κ2) is 5.44. The zero-order valence-corrected chi connectivity index (χ0v) is 10.0. The van der Waals surface area contributed by atoms with Crippen LogP contribution in [-0.4, -0.2) is 23.3 Å². The van der Waals surface area contributed by atoms with Crippen LogP contribution in [-0.2, 0) is 6.18 Å². The van der Waals surface area contributed by atoms with Crippen LogP contribution >= 0.6 is 0 Å². The average molecular weight is 247 g/mol. The molecule has 1 heterocycles. The average Bonchev–Trinajstić information content (AvgIpc) is 2.29. The molecule has 2 atom stereocenters. The molecule has 0 radical (unpaired) electrons. The molecule has 96 valence electrons. The summed E-state index contributed by atoms with van der Waals surface area (Å²) < 4.78 is 36.9. The number of likely N-dealkylation sites (N-methyl/N-ethyl adjacent to an activating group) is 1. The third kappa shape index (κ3) is 3.39. The molecule has 0 spiro atoms. The van der Waals surface area contributed by atoms with Gasteiger partial charge < -0.3 is 5.32 Å². The molecule has 1 rings (SSSR count). The Bertz CT molecular complexity index is 344. The molecule has 1 aromatic rings. The lowest BCUT2D eigenvalue weighted by atomic mass is 9.96. The van der Waals surface area contributed by atoms with E-state index in [9.17, 15) is 13.2 Å². The van der Waals surface area contributed by atoms with Gasteiger partial charge in [-0.1, -0.05) is 13.8 Å². The van der Waals surface area contributed by atoms with Crippen LogP contribution in [0.2, 0.25) is 0 Å². The molecule has 2 unspecified atom stereocenters. The van der Waals surface area contributed by atoms with Crippen molar-refractivity contribution >= 4 is 0 Å². The fourth-order valence-electron chi connectivity index (χ4n) is 1.75. The van der Waals surface area contributed by atoms with E-state index in [-0.39, 0.29) is 12.0 Å². The molecule has 0 bridgehead atoms. The van der Waals surface area contributed by atoms with Crippen molar-refractivity contribution in [2.45, 2.75) is 38.4 Å². The van der Waals surface area contributed by atoms with Crippen molar-refractivity contribution in [1.82, 2.24) is 15.5 Å². The van der Waals surface area contributed by atoms with Crippen molar-refractivity contribution in [2.24, 2.45) is 0 Å². The molecule has 0 fully saturated rings. The summed E-state index contributed by atoms with van der Waals surface area (Å²) in [5, 5.41) is 9.98. The lowest BCUT2D eigenvalue weighted by Gasteiger charge is -2.21. The van der Waals surface area contributed by atoms with Gasteiger partial charge in [0.25, 0.3) is 0 Å². The molecule has 0 aromatic carbocycles. The van der Waals surface area contributed by atoms with Crippen molar-refractivity contribution in [3.8, 4) is 0 Å². The van der Waals surface area contributed by atoms with Crippen LogP contribution in [0.3, 0.4) is 0 Å². The van der Waals surface area contributed by atoms with E-state index in [1.807, 2.05) is 20.9 Å². The van der Waals surface area contributed by atoms with Crippen molar-refractivity contribution < 1.29 is 13.2 Å². The predicted molar refractivity (Wildman–Crippen MR) is 58.6 cm³/mol. The highest BCUT2D eigenvalue weighted by Crippen LogP contribution is 2.27. The number of halogens is 3. The fourth-order valence-corrected chi connectivity index (χ4v) is 1.75. The molecule has 1 N–H and O–H groups in total. The molecule has 3 nitrogen and oxygen atoms in total. The summed E-state index contributed by atoms with van der Waals surface area (Å²) in [6, 6.07) is 2.54. The van der Waals surface area contributed by atoms with Crippen LogP contribution in [0.25, 0.3) is 0 Å². The summed E-state index contributed by atoms with van der Waals surface area (Å²) >= 11 is 0. The van der Waals surface area contributed by atoms with E-state index in [4.69, 9.17) is 0 Å². The summed E-state index contributed by atoms with van der Waals surface area (Å²) in [7, 11) is 1.82. The number of nitrogens with zero attached hydrogens (tertiary/aromatic N) is 2. The maximum absolute atomic E-state index is 12.3. The minimum absolute atomic E-state index is 0.0276. The second-order valence-electron chi connectivity index (χ2n) is 3.93. The summed E-state index contributed by atoms with van der Waals surface area (Å²) in [5.41, 5.74) is -0.384. The summed E-state index contributed by atoms with van der Waals surface area (Å²) in [5.74, 6) is 0.0276. The molecular formula is C11H16F3N3. The molecular weight excluding hydrogens is 231 g/mol. The number of rotatable bonds is 4. The van der Waals surface area contributed by atoms with Gasteiger partial charge >= 0.3 is 6.18 Å². The Morgan fingerprint density at radius 1 is 1.29 bits per heavy atom. The van der Waals surface area contributed by atoms with Crippen molar-refractivity contribution in [3.05, 3.63) is 23.5 Å². The first-order valence-corrected chi connectivity index (χ1v) is 5.48.